The lowest BCUT2D eigenvalue weighted by Gasteiger charge is -2.21. The van der Waals surface area contributed by atoms with Gasteiger partial charge < -0.3 is 14.8 Å². The Bertz CT molecular complexity index is 736. The molecule has 0 saturated carbocycles. The fourth-order valence-electron chi connectivity index (χ4n) is 3.35. The first-order valence-corrected chi connectivity index (χ1v) is 10.5. The number of carbonyl (C=O) groups excluding carboxylic acids is 1. The Kier molecular flexibility index (Phi) is 6.16. The van der Waals surface area contributed by atoms with Crippen molar-refractivity contribution in [3.8, 4) is 5.75 Å². The molecular weight excluding hydrogens is 356 g/mol. The fourth-order valence-corrected chi connectivity index (χ4v) is 4.90. The van der Waals surface area contributed by atoms with Gasteiger partial charge in [0.2, 0.25) is 15.9 Å². The monoisotopic (exact) mass is 382 g/mol. The van der Waals surface area contributed by atoms with E-state index in [0.717, 1.165) is 25.7 Å². The molecule has 8 heteroatoms. The molecule has 1 aromatic rings. The minimum absolute atomic E-state index is 0.176. The number of nitrogens with one attached hydrogen (secondary N) is 1. The van der Waals surface area contributed by atoms with Gasteiger partial charge in [-0.15, -0.1) is 0 Å². The summed E-state index contributed by atoms with van der Waals surface area (Å²) in [7, 11) is -2.09. The first kappa shape index (κ1) is 19.1. The molecule has 1 aromatic carbocycles. The third kappa shape index (κ3) is 4.19. The van der Waals surface area contributed by atoms with Crippen LogP contribution in [-0.4, -0.2) is 52.0 Å². The fraction of sp³-hybridized carbons (Fsp3) is 0.611. The average molecular weight is 382 g/mol. The van der Waals surface area contributed by atoms with Crippen molar-refractivity contribution >= 4 is 21.6 Å². The second kappa shape index (κ2) is 8.37. The second-order valence-corrected chi connectivity index (χ2v) is 8.67. The molecule has 2 aliphatic rings. The first-order valence-electron chi connectivity index (χ1n) is 9.09. The van der Waals surface area contributed by atoms with E-state index < -0.39 is 10.0 Å². The summed E-state index contributed by atoms with van der Waals surface area (Å²) in [5.41, 5.74) is 0.375. The van der Waals surface area contributed by atoms with Crippen LogP contribution in [0.3, 0.4) is 0 Å². The minimum atomic E-state index is -3.59. The zero-order valence-electron chi connectivity index (χ0n) is 15.1. The Morgan fingerprint density at radius 1 is 1.23 bits per heavy atom. The normalized spacial score (nSPS) is 22.0. The van der Waals surface area contributed by atoms with Crippen molar-refractivity contribution < 1.29 is 22.7 Å². The molecule has 2 heterocycles. The van der Waals surface area contributed by atoms with Crippen molar-refractivity contribution in [1.82, 2.24) is 4.31 Å². The van der Waals surface area contributed by atoms with Gasteiger partial charge in [0, 0.05) is 19.7 Å². The number of hydrogen-bond acceptors (Lipinski definition) is 5. The molecule has 1 atom stereocenters. The first-order chi connectivity index (χ1) is 12.5. The quantitative estimate of drug-likeness (QED) is 0.844. The molecule has 1 N–H and O–H groups in total. The van der Waals surface area contributed by atoms with E-state index in [0.29, 0.717) is 44.2 Å². The van der Waals surface area contributed by atoms with Gasteiger partial charge in [0.15, 0.2) is 0 Å². The Morgan fingerprint density at radius 3 is 2.58 bits per heavy atom. The van der Waals surface area contributed by atoms with Crippen molar-refractivity contribution in [2.24, 2.45) is 5.92 Å². The van der Waals surface area contributed by atoms with Crippen LogP contribution in [0.5, 0.6) is 5.75 Å². The molecule has 1 amide bonds. The zero-order chi connectivity index (χ0) is 18.6. The molecule has 2 aliphatic heterocycles. The number of methoxy groups -OCH3 is 1. The Morgan fingerprint density at radius 2 is 1.96 bits per heavy atom. The lowest BCUT2D eigenvalue weighted by atomic mass is 10.1. The standard InChI is InChI=1S/C18H26N2O5S/c1-24-17-7-6-15(26(22,23)20-9-4-2-3-5-10-20)12-16(17)19-18(21)14-8-11-25-13-14/h6-7,12,14H,2-5,8-11,13H2,1H3,(H,19,21). The maximum Gasteiger partial charge on any atom is 0.243 e. The highest BCUT2D eigenvalue weighted by molar-refractivity contribution is 7.89. The van der Waals surface area contributed by atoms with E-state index in [1.165, 1.54) is 23.5 Å². The predicted molar refractivity (Wildman–Crippen MR) is 97.8 cm³/mol. The lowest BCUT2D eigenvalue weighted by molar-refractivity contribution is -0.119. The van der Waals surface area contributed by atoms with Crippen molar-refractivity contribution in [3.63, 3.8) is 0 Å². The number of amides is 1. The third-order valence-electron chi connectivity index (χ3n) is 4.93. The van der Waals surface area contributed by atoms with Gasteiger partial charge in [-0.1, -0.05) is 12.8 Å². The number of ether oxygens (including phenoxy) is 2. The van der Waals surface area contributed by atoms with Gasteiger partial charge in [0.05, 0.1) is 30.2 Å². The number of benzene rings is 1. The molecule has 3 rings (SSSR count). The molecule has 26 heavy (non-hydrogen) atoms. The van der Waals surface area contributed by atoms with E-state index >= 15 is 0 Å². The van der Waals surface area contributed by atoms with Crippen LogP contribution in [0, 0.1) is 5.92 Å². The molecule has 0 aliphatic carbocycles. The smallest absolute Gasteiger partial charge is 0.243 e. The molecule has 144 valence electrons. The number of anilines is 1. The summed E-state index contributed by atoms with van der Waals surface area (Å²) in [6.07, 6.45) is 4.53. The second-order valence-electron chi connectivity index (χ2n) is 6.73. The van der Waals surface area contributed by atoms with E-state index in [2.05, 4.69) is 5.32 Å². The van der Waals surface area contributed by atoms with Crippen molar-refractivity contribution in [2.45, 2.75) is 37.0 Å². The number of carbonyl (C=O) groups is 1. The van der Waals surface area contributed by atoms with Crippen LogP contribution in [0.4, 0.5) is 5.69 Å². The summed E-state index contributed by atoms with van der Waals surface area (Å²) in [5.74, 6) is 0.0442. The number of nitrogens with zero attached hydrogens (tertiary/aromatic N) is 1. The van der Waals surface area contributed by atoms with Crippen LogP contribution < -0.4 is 10.1 Å². The van der Waals surface area contributed by atoms with E-state index in [1.807, 2.05) is 0 Å². The molecule has 2 fully saturated rings. The summed E-state index contributed by atoms with van der Waals surface area (Å²) >= 11 is 0. The Labute approximate surface area is 154 Å². The molecule has 0 aromatic heterocycles. The summed E-state index contributed by atoms with van der Waals surface area (Å²) in [6, 6.07) is 4.62. The average Bonchev–Trinajstić information content (AvgIpc) is 3.03. The van der Waals surface area contributed by atoms with Gasteiger partial charge in [0.1, 0.15) is 5.75 Å². The lowest BCUT2D eigenvalue weighted by Crippen LogP contribution is -2.32. The van der Waals surface area contributed by atoms with Crippen molar-refractivity contribution in [2.75, 3.05) is 38.7 Å². The maximum absolute atomic E-state index is 13.0. The van der Waals surface area contributed by atoms with Gasteiger partial charge in [-0.2, -0.15) is 4.31 Å². The summed E-state index contributed by atoms with van der Waals surface area (Å²) in [4.78, 5) is 12.6. The van der Waals surface area contributed by atoms with Gasteiger partial charge >= 0.3 is 0 Å². The van der Waals surface area contributed by atoms with Crippen LogP contribution in [0.15, 0.2) is 23.1 Å². The molecule has 2 saturated heterocycles. The predicted octanol–water partition coefficient (Wildman–Crippen LogP) is 2.23. The summed E-state index contributed by atoms with van der Waals surface area (Å²) < 4.78 is 38.0. The van der Waals surface area contributed by atoms with Gasteiger partial charge in [-0.25, -0.2) is 8.42 Å². The van der Waals surface area contributed by atoms with Crippen molar-refractivity contribution in [1.29, 1.82) is 0 Å². The van der Waals surface area contributed by atoms with E-state index in [4.69, 9.17) is 9.47 Å². The molecule has 0 radical (unpaired) electrons. The zero-order valence-corrected chi connectivity index (χ0v) is 15.9. The van der Waals surface area contributed by atoms with Crippen LogP contribution in [0.1, 0.15) is 32.1 Å². The highest BCUT2D eigenvalue weighted by Crippen LogP contribution is 2.30. The van der Waals surface area contributed by atoms with Gasteiger partial charge in [0.25, 0.3) is 0 Å². The molecule has 7 nitrogen and oxygen atoms in total. The number of sulfonamides is 1. The number of rotatable bonds is 5. The molecule has 0 bridgehead atoms. The largest absolute Gasteiger partial charge is 0.495 e. The van der Waals surface area contributed by atoms with Gasteiger partial charge in [-0.05, 0) is 37.5 Å². The van der Waals surface area contributed by atoms with E-state index in [-0.39, 0.29) is 16.7 Å². The highest BCUT2D eigenvalue weighted by Gasteiger charge is 2.28. The molecule has 0 spiro atoms. The van der Waals surface area contributed by atoms with Crippen LogP contribution in [0.25, 0.3) is 0 Å². The highest BCUT2D eigenvalue weighted by atomic mass is 32.2. The molecular formula is C18H26N2O5S. The Balaban J connectivity index is 1.84. The van der Waals surface area contributed by atoms with Crippen LogP contribution in [-0.2, 0) is 19.6 Å². The Hall–Kier alpha value is -1.64. The third-order valence-corrected chi connectivity index (χ3v) is 6.83. The van der Waals surface area contributed by atoms with E-state index in [9.17, 15) is 13.2 Å². The van der Waals surface area contributed by atoms with Crippen LogP contribution in [0.2, 0.25) is 0 Å². The maximum atomic E-state index is 13.0. The number of hydrogen-bond donors (Lipinski definition) is 1. The van der Waals surface area contributed by atoms with E-state index in [1.54, 1.807) is 6.07 Å². The van der Waals surface area contributed by atoms with Crippen LogP contribution >= 0.6 is 0 Å². The SMILES string of the molecule is COc1ccc(S(=O)(=O)N2CCCCCC2)cc1NC(=O)C1CCOC1. The van der Waals surface area contributed by atoms with Gasteiger partial charge in [-0.3, -0.25) is 4.79 Å². The summed E-state index contributed by atoms with van der Waals surface area (Å²) in [6.45, 7) is 2.03. The molecule has 1 unspecified atom stereocenters. The van der Waals surface area contributed by atoms with Crippen molar-refractivity contribution in [3.05, 3.63) is 18.2 Å². The minimum Gasteiger partial charge on any atom is -0.495 e. The summed E-state index contributed by atoms with van der Waals surface area (Å²) in [5, 5.41) is 2.80. The topological polar surface area (TPSA) is 84.9 Å².